The van der Waals surface area contributed by atoms with Crippen LogP contribution in [0.5, 0.6) is 11.5 Å². The normalized spacial score (nSPS) is 16.1. The van der Waals surface area contributed by atoms with Crippen LogP contribution in [0, 0.1) is 0 Å². The smallest absolute Gasteiger partial charge is 0.163 e. The Morgan fingerprint density at radius 2 is 1.60 bits per heavy atom. The molecule has 0 spiro atoms. The molecule has 0 bridgehead atoms. The predicted molar refractivity (Wildman–Crippen MR) is 93.9 cm³/mol. The molecule has 1 aliphatic carbocycles. The van der Waals surface area contributed by atoms with Gasteiger partial charge in [-0.05, 0) is 31.0 Å². The Kier molecular flexibility index (Phi) is 4.04. The molecular weight excluding hydrogens is 316 g/mol. The Hall–Kier alpha value is -2.62. The van der Waals surface area contributed by atoms with Crippen LogP contribution in [-0.2, 0) is 19.3 Å². The van der Waals surface area contributed by atoms with Crippen LogP contribution >= 0.6 is 0 Å². The van der Waals surface area contributed by atoms with Gasteiger partial charge in [0.15, 0.2) is 11.6 Å². The van der Waals surface area contributed by atoms with Crippen LogP contribution in [0.25, 0.3) is 0 Å². The second-order valence-electron chi connectivity index (χ2n) is 6.53. The first kappa shape index (κ1) is 15.9. The fourth-order valence-electron chi connectivity index (χ4n) is 3.80. The van der Waals surface area contributed by atoms with Gasteiger partial charge in [0.05, 0.1) is 13.2 Å². The minimum absolute atomic E-state index is 0.123. The van der Waals surface area contributed by atoms with Gasteiger partial charge in [-0.15, -0.1) is 0 Å². The summed E-state index contributed by atoms with van der Waals surface area (Å²) in [5.41, 5.74) is 5.22. The number of rotatable bonds is 1. The third kappa shape index (κ3) is 2.82. The van der Waals surface area contributed by atoms with Gasteiger partial charge in [0.1, 0.15) is 11.5 Å². The van der Waals surface area contributed by atoms with Crippen LogP contribution in [0.1, 0.15) is 50.8 Å². The number of ketones is 2. The topological polar surface area (TPSA) is 52.6 Å². The average Bonchev–Trinajstić information content (AvgIpc) is 3.33. The summed E-state index contributed by atoms with van der Waals surface area (Å²) in [6.45, 7) is 3.03. The van der Waals surface area contributed by atoms with Gasteiger partial charge in [-0.2, -0.15) is 0 Å². The molecule has 0 saturated heterocycles. The zero-order valence-electron chi connectivity index (χ0n) is 14.3. The van der Waals surface area contributed by atoms with Crippen molar-refractivity contribution >= 4 is 11.6 Å². The van der Waals surface area contributed by atoms with E-state index in [9.17, 15) is 9.59 Å². The lowest BCUT2D eigenvalue weighted by Crippen LogP contribution is -1.96. The first-order chi connectivity index (χ1) is 12.1. The van der Waals surface area contributed by atoms with E-state index >= 15 is 0 Å². The highest BCUT2D eigenvalue weighted by atomic mass is 16.5. The maximum absolute atomic E-state index is 11.6. The molecule has 0 fully saturated rings. The van der Waals surface area contributed by atoms with Crippen molar-refractivity contribution in [2.45, 2.75) is 32.6 Å². The van der Waals surface area contributed by atoms with Gasteiger partial charge in [-0.1, -0.05) is 18.2 Å². The van der Waals surface area contributed by atoms with Crippen LogP contribution in [0.4, 0.5) is 0 Å². The maximum atomic E-state index is 11.6. The van der Waals surface area contributed by atoms with Gasteiger partial charge in [-0.3, -0.25) is 9.59 Å². The third-order valence-electron chi connectivity index (χ3n) is 4.99. The Morgan fingerprint density at radius 3 is 2.36 bits per heavy atom. The first-order valence-electron chi connectivity index (χ1n) is 8.71. The SMILES string of the molecule is CC(=O)c1cccc2c1CCO2.O=C1CCc2ccc3c(c21)CCO3. The van der Waals surface area contributed by atoms with Gasteiger partial charge in [0, 0.05) is 41.5 Å². The van der Waals surface area contributed by atoms with Crippen LogP contribution < -0.4 is 9.47 Å². The molecule has 25 heavy (non-hydrogen) atoms. The van der Waals surface area contributed by atoms with E-state index < -0.39 is 0 Å². The second kappa shape index (κ2) is 6.36. The summed E-state index contributed by atoms with van der Waals surface area (Å²) in [6.07, 6.45) is 3.38. The van der Waals surface area contributed by atoms with Crippen molar-refractivity contribution < 1.29 is 19.1 Å². The van der Waals surface area contributed by atoms with Crippen molar-refractivity contribution in [1.82, 2.24) is 0 Å². The number of hydrogen-bond donors (Lipinski definition) is 0. The van der Waals surface area contributed by atoms with Crippen molar-refractivity contribution in [2.24, 2.45) is 0 Å². The minimum Gasteiger partial charge on any atom is -0.493 e. The van der Waals surface area contributed by atoms with Gasteiger partial charge in [-0.25, -0.2) is 0 Å². The molecule has 0 atom stereocenters. The highest BCUT2D eigenvalue weighted by Gasteiger charge is 2.27. The standard InChI is InChI=1S/C11H10O2.C10H10O2/c12-9-3-1-7-2-4-10-8(11(7)9)5-6-13-10;1-7(11)8-3-2-4-10-9(8)5-6-12-10/h2,4H,1,3,5-6H2;2-4H,5-6H2,1H3. The number of aryl methyl sites for hydroxylation is 1. The van der Waals surface area contributed by atoms with E-state index in [1.807, 2.05) is 30.3 Å². The van der Waals surface area contributed by atoms with Crippen molar-refractivity contribution in [2.75, 3.05) is 13.2 Å². The molecule has 3 aliphatic rings. The lowest BCUT2D eigenvalue weighted by atomic mass is 10.0. The zero-order chi connectivity index (χ0) is 17.4. The Balaban J connectivity index is 0.000000126. The zero-order valence-corrected chi connectivity index (χ0v) is 14.3. The highest BCUT2D eigenvalue weighted by molar-refractivity contribution is 6.02. The van der Waals surface area contributed by atoms with Crippen LogP contribution in [-0.4, -0.2) is 24.8 Å². The molecule has 2 heterocycles. The van der Waals surface area contributed by atoms with Crippen LogP contribution in [0.2, 0.25) is 0 Å². The van der Waals surface area contributed by atoms with Crippen molar-refractivity contribution in [3.8, 4) is 11.5 Å². The first-order valence-corrected chi connectivity index (χ1v) is 8.71. The summed E-state index contributed by atoms with van der Waals surface area (Å²) >= 11 is 0. The molecule has 0 aromatic heterocycles. The fourth-order valence-corrected chi connectivity index (χ4v) is 3.80. The van der Waals surface area contributed by atoms with Gasteiger partial charge in [0.25, 0.3) is 0 Å². The average molecular weight is 336 g/mol. The van der Waals surface area contributed by atoms with Crippen molar-refractivity contribution in [3.05, 3.63) is 58.1 Å². The summed E-state index contributed by atoms with van der Waals surface area (Å²) in [5, 5.41) is 0. The molecule has 5 rings (SSSR count). The van der Waals surface area contributed by atoms with Gasteiger partial charge < -0.3 is 9.47 Å². The third-order valence-corrected chi connectivity index (χ3v) is 4.99. The molecule has 0 N–H and O–H groups in total. The molecule has 4 heteroatoms. The van der Waals surface area contributed by atoms with E-state index in [1.165, 1.54) is 5.56 Å². The highest BCUT2D eigenvalue weighted by Crippen LogP contribution is 2.35. The largest absolute Gasteiger partial charge is 0.493 e. The van der Waals surface area contributed by atoms with E-state index in [-0.39, 0.29) is 5.78 Å². The molecule has 2 aromatic carbocycles. The summed E-state index contributed by atoms with van der Waals surface area (Å²) in [4.78, 5) is 22.7. The van der Waals surface area contributed by atoms with Gasteiger partial charge >= 0.3 is 0 Å². The number of carbonyl (C=O) groups excluding carboxylic acids is 2. The summed E-state index contributed by atoms with van der Waals surface area (Å²) < 4.78 is 10.8. The lowest BCUT2D eigenvalue weighted by Gasteiger charge is -2.03. The van der Waals surface area contributed by atoms with E-state index in [4.69, 9.17) is 9.47 Å². The summed E-state index contributed by atoms with van der Waals surface area (Å²) in [7, 11) is 0. The predicted octanol–water partition coefficient (Wildman–Crippen LogP) is 3.57. The molecule has 0 saturated carbocycles. The van der Waals surface area contributed by atoms with E-state index in [1.54, 1.807) is 6.92 Å². The van der Waals surface area contributed by atoms with Crippen LogP contribution in [0.3, 0.4) is 0 Å². The number of benzene rings is 2. The number of carbonyl (C=O) groups is 2. The van der Waals surface area contributed by atoms with E-state index in [0.717, 1.165) is 59.6 Å². The Morgan fingerprint density at radius 1 is 0.880 bits per heavy atom. The Labute approximate surface area is 146 Å². The summed E-state index contributed by atoms with van der Waals surface area (Å²) in [6, 6.07) is 9.66. The second-order valence-corrected chi connectivity index (χ2v) is 6.53. The minimum atomic E-state index is 0.123. The molecule has 2 aliphatic heterocycles. The molecule has 4 nitrogen and oxygen atoms in total. The number of fused-ring (bicyclic) bond motifs is 4. The van der Waals surface area contributed by atoms with E-state index in [2.05, 4.69) is 0 Å². The molecular formula is C21H20O4. The molecule has 0 amide bonds. The molecule has 2 aromatic rings. The fraction of sp³-hybridized carbons (Fsp3) is 0.333. The van der Waals surface area contributed by atoms with Crippen LogP contribution in [0.15, 0.2) is 30.3 Å². The lowest BCUT2D eigenvalue weighted by molar-refractivity contribution is 0.0991. The van der Waals surface area contributed by atoms with Gasteiger partial charge in [0.2, 0.25) is 0 Å². The number of Topliss-reactive ketones (excluding diaryl/α,β-unsaturated/α-hetero) is 2. The number of hydrogen-bond acceptors (Lipinski definition) is 4. The Bertz CT molecular complexity index is 866. The summed E-state index contributed by atoms with van der Waals surface area (Å²) in [5.74, 6) is 2.23. The molecule has 0 unspecified atom stereocenters. The van der Waals surface area contributed by atoms with Crippen molar-refractivity contribution in [3.63, 3.8) is 0 Å². The molecule has 128 valence electrons. The van der Waals surface area contributed by atoms with E-state index in [0.29, 0.717) is 18.8 Å². The number of ether oxygens (including phenoxy) is 2. The quantitative estimate of drug-likeness (QED) is 0.747. The van der Waals surface area contributed by atoms with Crippen molar-refractivity contribution in [1.29, 1.82) is 0 Å². The monoisotopic (exact) mass is 336 g/mol. The molecule has 0 radical (unpaired) electrons. The maximum Gasteiger partial charge on any atom is 0.163 e.